The zero-order valence-electron chi connectivity index (χ0n) is 17.6. The van der Waals surface area contributed by atoms with Gasteiger partial charge in [0.05, 0.1) is 17.3 Å². The first-order valence-corrected chi connectivity index (χ1v) is 10.5. The van der Waals surface area contributed by atoms with Crippen molar-refractivity contribution in [1.29, 1.82) is 0 Å². The lowest BCUT2D eigenvalue weighted by Gasteiger charge is -2.33. The highest BCUT2D eigenvalue weighted by molar-refractivity contribution is 6.08. The van der Waals surface area contributed by atoms with Crippen LogP contribution in [0.25, 0.3) is 22.0 Å². The predicted octanol–water partition coefficient (Wildman–Crippen LogP) is 5.87. The Morgan fingerprint density at radius 1 is 1.13 bits per heavy atom. The quantitative estimate of drug-likeness (QED) is 0.378. The van der Waals surface area contributed by atoms with Crippen LogP contribution in [0.3, 0.4) is 0 Å². The normalized spacial score (nSPS) is 16.6. The Bertz CT molecular complexity index is 1370. The third kappa shape index (κ3) is 2.42. The number of aromatic amines is 1. The van der Waals surface area contributed by atoms with Gasteiger partial charge in [0.25, 0.3) is 0 Å². The summed E-state index contributed by atoms with van der Waals surface area (Å²) in [7, 11) is 0. The summed E-state index contributed by atoms with van der Waals surface area (Å²) in [5.41, 5.74) is 5.96. The number of aromatic hydroxyl groups is 1. The van der Waals surface area contributed by atoms with Gasteiger partial charge in [-0.05, 0) is 38.5 Å². The smallest absolute Gasteiger partial charge is 0.419 e. The summed E-state index contributed by atoms with van der Waals surface area (Å²) in [6, 6.07) is 16.0. The predicted molar refractivity (Wildman–Crippen MR) is 120 cm³/mol. The molecule has 2 N–H and O–H groups in total. The molecule has 6 rings (SSSR count). The summed E-state index contributed by atoms with van der Waals surface area (Å²) in [5.74, 6) is 0.136. The molecular weight excluding hydrogens is 390 g/mol. The van der Waals surface area contributed by atoms with Gasteiger partial charge in [0.2, 0.25) is 5.88 Å². The minimum atomic E-state index is -0.611. The number of carbonyl (C=O) groups excluding carboxylic acids is 1. The number of nitrogens with zero attached hydrogens (tertiary/aromatic N) is 2. The van der Waals surface area contributed by atoms with E-state index in [1.165, 1.54) is 5.56 Å². The van der Waals surface area contributed by atoms with E-state index in [0.717, 1.165) is 45.5 Å². The van der Waals surface area contributed by atoms with Crippen LogP contribution in [0.5, 0.6) is 5.88 Å². The number of rotatable bonds is 0. The van der Waals surface area contributed by atoms with Gasteiger partial charge in [-0.2, -0.15) is 0 Å². The maximum Gasteiger partial charge on any atom is 0.419 e. The second-order valence-electron chi connectivity index (χ2n) is 9.21. The van der Waals surface area contributed by atoms with E-state index < -0.39 is 5.60 Å². The lowest BCUT2D eigenvalue weighted by Crippen LogP contribution is -2.31. The minimum absolute atomic E-state index is 0.124. The monoisotopic (exact) mass is 413 g/mol. The van der Waals surface area contributed by atoms with Crippen molar-refractivity contribution in [2.24, 2.45) is 0 Å². The Morgan fingerprint density at radius 3 is 2.68 bits per heavy atom. The Balaban J connectivity index is 1.70. The van der Waals surface area contributed by atoms with Gasteiger partial charge < -0.3 is 19.7 Å². The van der Waals surface area contributed by atoms with Gasteiger partial charge in [-0.3, -0.25) is 0 Å². The van der Waals surface area contributed by atoms with Crippen molar-refractivity contribution in [3.8, 4) is 17.0 Å². The number of hydrogen-bond acceptors (Lipinski definition) is 4. The van der Waals surface area contributed by atoms with Gasteiger partial charge in [-0.25, -0.2) is 9.36 Å². The molecule has 31 heavy (non-hydrogen) atoms. The third-order valence-electron chi connectivity index (χ3n) is 6.12. The van der Waals surface area contributed by atoms with Crippen LogP contribution in [0.4, 0.5) is 16.2 Å². The molecule has 0 radical (unpaired) electrons. The fourth-order valence-corrected chi connectivity index (χ4v) is 5.08. The molecule has 2 aliphatic heterocycles. The van der Waals surface area contributed by atoms with Crippen molar-refractivity contribution in [1.82, 2.24) is 9.55 Å². The first-order valence-electron chi connectivity index (χ1n) is 10.5. The van der Waals surface area contributed by atoms with Crippen molar-refractivity contribution in [3.05, 3.63) is 66.0 Å². The van der Waals surface area contributed by atoms with Crippen LogP contribution >= 0.6 is 0 Å². The van der Waals surface area contributed by atoms with E-state index in [9.17, 15) is 9.90 Å². The number of nitrogens with one attached hydrogen (secondary N) is 1. The molecule has 2 aliphatic rings. The highest BCUT2D eigenvalue weighted by atomic mass is 16.6. The van der Waals surface area contributed by atoms with Crippen LogP contribution in [0.1, 0.15) is 38.1 Å². The molecule has 2 aromatic carbocycles. The molecule has 0 fully saturated rings. The fraction of sp³-hybridized carbons (Fsp3) is 0.240. The van der Waals surface area contributed by atoms with E-state index in [2.05, 4.69) is 22.0 Å². The van der Waals surface area contributed by atoms with Gasteiger partial charge in [0.1, 0.15) is 11.3 Å². The van der Waals surface area contributed by atoms with E-state index in [-0.39, 0.29) is 18.0 Å². The van der Waals surface area contributed by atoms with Crippen LogP contribution in [0.15, 0.2) is 54.7 Å². The molecule has 2 aromatic heterocycles. The maximum atomic E-state index is 13.5. The molecule has 0 bridgehead atoms. The Kier molecular flexibility index (Phi) is 3.47. The summed E-state index contributed by atoms with van der Waals surface area (Å²) in [6.45, 7) is 5.63. The molecule has 156 valence electrons. The van der Waals surface area contributed by atoms with Gasteiger partial charge >= 0.3 is 6.09 Å². The fourth-order valence-electron chi connectivity index (χ4n) is 5.08. The molecule has 0 spiro atoms. The van der Waals surface area contributed by atoms with Gasteiger partial charge in [-0.15, -0.1) is 0 Å². The average molecular weight is 413 g/mol. The Labute approximate surface area is 179 Å². The number of para-hydroxylation sites is 2. The first kappa shape index (κ1) is 18.1. The lowest BCUT2D eigenvalue weighted by atomic mass is 9.93. The molecular formula is C25H23N3O3. The van der Waals surface area contributed by atoms with E-state index in [1.807, 2.05) is 63.4 Å². The summed E-state index contributed by atoms with van der Waals surface area (Å²) in [5, 5.41) is 11.7. The molecule has 0 amide bonds. The summed E-state index contributed by atoms with van der Waals surface area (Å²) in [6.07, 6.45) is 2.18. The largest absolute Gasteiger partial charge is 0.493 e. The highest BCUT2D eigenvalue weighted by Crippen LogP contribution is 2.58. The van der Waals surface area contributed by atoms with Crippen molar-refractivity contribution >= 4 is 28.4 Å². The number of aromatic nitrogens is 2. The average Bonchev–Trinajstić information content (AvgIpc) is 3.37. The number of fused-ring (bicyclic) bond motifs is 10. The van der Waals surface area contributed by atoms with Crippen LogP contribution in [0.2, 0.25) is 0 Å². The first-order chi connectivity index (χ1) is 14.8. The van der Waals surface area contributed by atoms with Crippen LogP contribution in [-0.4, -0.2) is 26.4 Å². The molecule has 0 saturated heterocycles. The van der Waals surface area contributed by atoms with Crippen LogP contribution < -0.4 is 4.90 Å². The van der Waals surface area contributed by atoms with Crippen molar-refractivity contribution in [2.45, 2.75) is 38.8 Å². The second kappa shape index (κ2) is 5.94. The van der Waals surface area contributed by atoms with Crippen LogP contribution in [-0.2, 0) is 11.2 Å². The third-order valence-corrected chi connectivity index (χ3v) is 6.12. The number of benzene rings is 2. The SMILES string of the molecule is CC(C)(C)OC(=O)n1c2c(c3ccccc31)-c1c[nH]c(O)c1N1c3ccccc3CC21. The zero-order valence-corrected chi connectivity index (χ0v) is 17.6. The van der Waals surface area contributed by atoms with E-state index in [1.54, 1.807) is 4.57 Å². The van der Waals surface area contributed by atoms with Gasteiger partial charge in [-0.1, -0.05) is 36.4 Å². The van der Waals surface area contributed by atoms with E-state index in [0.29, 0.717) is 0 Å². The molecule has 1 unspecified atom stereocenters. The van der Waals surface area contributed by atoms with Crippen molar-refractivity contribution in [3.63, 3.8) is 0 Å². The Hall–Kier alpha value is -3.67. The Morgan fingerprint density at radius 2 is 1.87 bits per heavy atom. The van der Waals surface area contributed by atoms with E-state index >= 15 is 0 Å². The van der Waals surface area contributed by atoms with Crippen molar-refractivity contribution < 1.29 is 14.6 Å². The molecule has 1 atom stereocenters. The van der Waals surface area contributed by atoms with E-state index in [4.69, 9.17) is 4.74 Å². The number of hydrogen-bond donors (Lipinski definition) is 2. The summed E-state index contributed by atoms with van der Waals surface area (Å²) in [4.78, 5) is 18.6. The number of anilines is 2. The number of H-pyrrole nitrogens is 1. The summed E-state index contributed by atoms with van der Waals surface area (Å²) >= 11 is 0. The summed E-state index contributed by atoms with van der Waals surface area (Å²) < 4.78 is 7.55. The molecule has 6 nitrogen and oxygen atoms in total. The van der Waals surface area contributed by atoms with Crippen LogP contribution in [0, 0.1) is 0 Å². The second-order valence-corrected chi connectivity index (χ2v) is 9.21. The maximum absolute atomic E-state index is 13.5. The molecule has 4 heterocycles. The van der Waals surface area contributed by atoms with Crippen molar-refractivity contribution in [2.75, 3.05) is 4.90 Å². The zero-order chi connectivity index (χ0) is 21.5. The standard InChI is InChI=1S/C25H23N3O3/c1-25(2,3)31-24(30)28-18-11-7-5-9-15(18)20-16-13-26-23(29)21(16)27-17-10-6-4-8-14(17)12-19(27)22(20)28/h4-11,13,19,26,29H,12H2,1-3H3. The topological polar surface area (TPSA) is 70.5 Å². The molecule has 0 saturated carbocycles. The minimum Gasteiger partial charge on any atom is -0.493 e. The molecule has 4 aromatic rings. The van der Waals surface area contributed by atoms with Gasteiger partial charge in [0, 0.05) is 34.8 Å². The molecule has 6 heteroatoms. The van der Waals surface area contributed by atoms with Gasteiger partial charge in [0.15, 0.2) is 0 Å². The lowest BCUT2D eigenvalue weighted by molar-refractivity contribution is 0.0539. The highest BCUT2D eigenvalue weighted by Gasteiger charge is 2.44. The number of ether oxygens (including phenoxy) is 1. The number of carbonyl (C=O) groups is 1. The molecule has 0 aliphatic carbocycles.